The summed E-state index contributed by atoms with van der Waals surface area (Å²) in [5, 5.41) is 72.6. The SMILES string of the molecule is CCCCCCCCCCCCCC(=O)O[C@@H](CCCCCCCCCCC)CC(=O)N[C@H]1[C@H](OCC2O[C@H](O)[C@H](NC(=O)C[C@H](O)CCCCCCCCCCC)[C@@H](OC(=O)C[C@H](O)CCCCCCCCCCC)[C@@H]2O)O[C@H](CO)[C@@H](OP(=O)(O)O)[C@@H]1O. The van der Waals surface area contributed by atoms with Gasteiger partial charge in [-0.25, -0.2) is 4.57 Å². The second-order valence-corrected chi connectivity index (χ2v) is 27.2. The number of carbonyl (C=O) groups excluding carboxylic acids is 4. The third-order valence-electron chi connectivity index (χ3n) is 17.6. The van der Waals surface area contributed by atoms with Crippen LogP contribution in [0.25, 0.3) is 0 Å². The lowest BCUT2D eigenvalue weighted by Crippen LogP contribution is -2.67. The standard InChI is InChI=1S/C68H129N2O19P/c1-5-9-13-17-21-25-26-30-34-38-42-46-59(76)85-54(45-41-37-33-29-24-20-16-12-8-4)49-58(75)69-61-64(79)65(89-90(81,82)83)55(50-71)87-68(61)84-51-56-63(78)66(88-60(77)48-53(73)44-40-36-32-28-23-19-15-11-7-3)62(67(80)86-56)70-57(74)47-52(72)43-39-35-31-27-22-18-14-10-6-2/h52-56,61-68,71-73,78-80H,5-51H2,1-4H3,(H,69,75)(H,70,74)(H2,81,82,83)/t52-,53-,54+,55-,56?,61-,62-,63-,64-,65-,66-,67+,68-/m1/s1. The Morgan fingerprint density at radius 2 is 0.867 bits per heavy atom. The highest BCUT2D eigenvalue weighted by Gasteiger charge is 2.52. The number of esters is 2. The minimum Gasteiger partial charge on any atom is -0.462 e. The smallest absolute Gasteiger partial charge is 0.462 e. The molecule has 0 aromatic carbocycles. The van der Waals surface area contributed by atoms with Crippen molar-refractivity contribution in [3.8, 4) is 0 Å². The lowest BCUT2D eigenvalue weighted by molar-refractivity contribution is -0.297. The number of phosphoric ester groups is 1. The van der Waals surface area contributed by atoms with E-state index in [1.54, 1.807) is 0 Å². The summed E-state index contributed by atoms with van der Waals surface area (Å²) in [4.78, 5) is 74.3. The first-order chi connectivity index (χ1) is 43.4. The van der Waals surface area contributed by atoms with Crippen LogP contribution in [-0.4, -0.2) is 157 Å². The zero-order valence-corrected chi connectivity index (χ0v) is 57.1. The van der Waals surface area contributed by atoms with Crippen molar-refractivity contribution in [3.63, 3.8) is 0 Å². The van der Waals surface area contributed by atoms with Crippen molar-refractivity contribution < 1.29 is 92.4 Å². The van der Waals surface area contributed by atoms with Crippen LogP contribution < -0.4 is 10.6 Å². The first kappa shape index (κ1) is 83.7. The number of nitrogens with one attached hydrogen (secondary N) is 2. The fourth-order valence-corrected chi connectivity index (χ4v) is 12.7. The number of phosphoric acid groups is 1. The predicted octanol–water partition coefficient (Wildman–Crippen LogP) is 11.8. The largest absolute Gasteiger partial charge is 0.470 e. The van der Waals surface area contributed by atoms with Crippen molar-refractivity contribution in [2.24, 2.45) is 0 Å². The summed E-state index contributed by atoms with van der Waals surface area (Å²) in [5.41, 5.74) is 0. The molecule has 0 bridgehead atoms. The Balaban J connectivity index is 2.30. The van der Waals surface area contributed by atoms with E-state index in [4.69, 9.17) is 28.2 Å². The number of carbonyl (C=O) groups is 4. The molecule has 1 unspecified atom stereocenters. The number of hydrogen-bond donors (Lipinski definition) is 10. The quantitative estimate of drug-likeness (QED) is 0.0154. The fourth-order valence-electron chi connectivity index (χ4n) is 12.2. The normalized spacial score (nSPS) is 23.1. The fraction of sp³-hybridized carbons (Fsp3) is 0.941. The van der Waals surface area contributed by atoms with E-state index in [0.717, 1.165) is 116 Å². The van der Waals surface area contributed by atoms with Crippen molar-refractivity contribution in [2.75, 3.05) is 13.2 Å². The molecule has 2 heterocycles. The molecule has 90 heavy (non-hydrogen) atoms. The van der Waals surface area contributed by atoms with Crippen LogP contribution in [0, 0.1) is 0 Å². The molecule has 2 rings (SSSR count). The van der Waals surface area contributed by atoms with Gasteiger partial charge < -0.3 is 74.7 Å². The molecule has 22 heteroatoms. The van der Waals surface area contributed by atoms with Crippen molar-refractivity contribution in [3.05, 3.63) is 0 Å². The zero-order chi connectivity index (χ0) is 66.2. The molecule has 2 aliphatic rings. The monoisotopic (exact) mass is 1310 g/mol. The molecule has 0 radical (unpaired) electrons. The molecule has 0 aromatic heterocycles. The number of rotatable bonds is 58. The van der Waals surface area contributed by atoms with E-state index < -0.39 is 131 Å². The summed E-state index contributed by atoms with van der Waals surface area (Å²) in [5.74, 6) is -2.88. The second kappa shape index (κ2) is 52.9. The van der Waals surface area contributed by atoms with Gasteiger partial charge in [0.05, 0.1) is 44.7 Å². The van der Waals surface area contributed by atoms with Gasteiger partial charge in [-0.2, -0.15) is 0 Å². The van der Waals surface area contributed by atoms with Gasteiger partial charge in [0.15, 0.2) is 18.7 Å². The Morgan fingerprint density at radius 1 is 0.467 bits per heavy atom. The Kier molecular flexibility index (Phi) is 49.2. The van der Waals surface area contributed by atoms with Crippen molar-refractivity contribution in [2.45, 2.75) is 396 Å². The maximum absolute atomic E-state index is 14.2. The third-order valence-corrected chi connectivity index (χ3v) is 18.1. The maximum Gasteiger partial charge on any atom is 0.470 e. The molecule has 2 aliphatic heterocycles. The highest BCUT2D eigenvalue weighted by atomic mass is 31.2. The summed E-state index contributed by atoms with van der Waals surface area (Å²) in [6.07, 6.45) is 23.2. The number of unbranched alkanes of at least 4 members (excludes halogenated alkanes) is 34. The molecule has 0 aliphatic carbocycles. The summed E-state index contributed by atoms with van der Waals surface area (Å²) in [6, 6.07) is -3.28. The van der Waals surface area contributed by atoms with Crippen LogP contribution in [0.2, 0.25) is 0 Å². The van der Waals surface area contributed by atoms with Gasteiger partial charge in [0.1, 0.15) is 48.7 Å². The van der Waals surface area contributed by atoms with E-state index in [0.29, 0.717) is 44.9 Å². The molecule has 10 N–H and O–H groups in total. The van der Waals surface area contributed by atoms with E-state index in [2.05, 4.69) is 38.3 Å². The molecule has 2 saturated heterocycles. The summed E-state index contributed by atoms with van der Waals surface area (Å²) < 4.78 is 46.6. The van der Waals surface area contributed by atoms with E-state index in [1.807, 2.05) is 0 Å². The molecule has 0 saturated carbocycles. The average molecular weight is 1310 g/mol. The van der Waals surface area contributed by atoms with Crippen molar-refractivity contribution >= 4 is 31.6 Å². The molecule has 530 valence electrons. The lowest BCUT2D eigenvalue weighted by Gasteiger charge is -2.45. The van der Waals surface area contributed by atoms with Gasteiger partial charge >= 0.3 is 19.8 Å². The first-order valence-electron chi connectivity index (χ1n) is 36.0. The average Bonchev–Trinajstić information content (AvgIpc) is 0.911. The highest BCUT2D eigenvalue weighted by Crippen LogP contribution is 2.42. The van der Waals surface area contributed by atoms with Gasteiger partial charge in [0, 0.05) is 6.42 Å². The van der Waals surface area contributed by atoms with E-state index in [9.17, 15) is 64.2 Å². The van der Waals surface area contributed by atoms with Gasteiger partial charge in [-0.1, -0.05) is 259 Å². The van der Waals surface area contributed by atoms with Gasteiger partial charge in [-0.15, -0.1) is 0 Å². The van der Waals surface area contributed by atoms with Crippen LogP contribution in [0.4, 0.5) is 0 Å². The van der Waals surface area contributed by atoms with Gasteiger partial charge in [-0.05, 0) is 32.1 Å². The number of aliphatic hydroxyl groups excluding tert-OH is 6. The summed E-state index contributed by atoms with van der Waals surface area (Å²) >= 11 is 0. The molecule has 21 nitrogen and oxygen atoms in total. The lowest BCUT2D eigenvalue weighted by atomic mass is 9.95. The van der Waals surface area contributed by atoms with Gasteiger partial charge in [-0.3, -0.25) is 23.7 Å². The molecule has 2 amide bonds. The maximum atomic E-state index is 14.2. The number of amides is 2. The summed E-state index contributed by atoms with van der Waals surface area (Å²) in [7, 11) is -5.37. The third kappa shape index (κ3) is 40.1. The van der Waals surface area contributed by atoms with Crippen LogP contribution in [0.15, 0.2) is 0 Å². The van der Waals surface area contributed by atoms with Crippen LogP contribution >= 0.6 is 7.82 Å². The van der Waals surface area contributed by atoms with Crippen LogP contribution in [0.5, 0.6) is 0 Å². The minimum absolute atomic E-state index is 0.169. The molecule has 2 fully saturated rings. The van der Waals surface area contributed by atoms with Gasteiger partial charge in [0.25, 0.3) is 0 Å². The van der Waals surface area contributed by atoms with E-state index >= 15 is 0 Å². The molecular formula is C68H129N2O19P. The number of aliphatic hydroxyl groups is 6. The van der Waals surface area contributed by atoms with Crippen molar-refractivity contribution in [1.82, 2.24) is 10.6 Å². The summed E-state index contributed by atoms with van der Waals surface area (Å²) in [6.45, 7) is 7.03. The predicted molar refractivity (Wildman–Crippen MR) is 348 cm³/mol. The van der Waals surface area contributed by atoms with Crippen LogP contribution in [-0.2, 0) is 52.0 Å². The molecule has 13 atom stereocenters. The minimum atomic E-state index is -5.37. The zero-order valence-electron chi connectivity index (χ0n) is 56.3. The Hall–Kier alpha value is -2.37. The van der Waals surface area contributed by atoms with Crippen LogP contribution in [0.3, 0.4) is 0 Å². The highest BCUT2D eigenvalue weighted by molar-refractivity contribution is 7.46. The topological polar surface area (TPSA) is 327 Å². The first-order valence-corrected chi connectivity index (χ1v) is 37.6. The second-order valence-electron chi connectivity index (χ2n) is 26.0. The molecule has 0 spiro atoms. The Morgan fingerprint density at radius 3 is 1.31 bits per heavy atom. The Bertz CT molecular complexity index is 1850. The van der Waals surface area contributed by atoms with Gasteiger partial charge in [0.2, 0.25) is 11.8 Å². The van der Waals surface area contributed by atoms with E-state index in [1.165, 1.54) is 103 Å². The number of hydrogen-bond acceptors (Lipinski definition) is 17. The van der Waals surface area contributed by atoms with Crippen molar-refractivity contribution in [1.29, 1.82) is 0 Å². The molecule has 0 aromatic rings. The van der Waals surface area contributed by atoms with E-state index in [-0.39, 0.29) is 19.3 Å². The van der Waals surface area contributed by atoms with Crippen LogP contribution in [0.1, 0.15) is 317 Å². The Labute approximate surface area is 542 Å². The number of ether oxygens (including phenoxy) is 5. The molecular weight excluding hydrogens is 1180 g/mol.